The summed E-state index contributed by atoms with van der Waals surface area (Å²) < 4.78 is 5.03. The molecule has 0 N–H and O–H groups in total. The van der Waals surface area contributed by atoms with Gasteiger partial charge >= 0.3 is 0 Å². The largest absolute Gasteiger partial charge is 0.465 e. The van der Waals surface area contributed by atoms with Crippen molar-refractivity contribution in [1.82, 2.24) is 4.90 Å². The number of carbonyl (C=O) groups excluding carboxylic acids is 1. The van der Waals surface area contributed by atoms with Gasteiger partial charge in [-0.1, -0.05) is 5.92 Å². The first kappa shape index (κ1) is 10.1. The van der Waals surface area contributed by atoms with Gasteiger partial charge in [-0.15, -0.1) is 6.42 Å². The minimum atomic E-state index is -0.139. The van der Waals surface area contributed by atoms with Gasteiger partial charge in [0.15, 0.2) is 0 Å². The molecule has 0 fully saturated rings. The lowest BCUT2D eigenvalue weighted by atomic mass is 10.3. The Bertz CT molecular complexity index is 357. The Kier molecular flexibility index (Phi) is 3.57. The highest BCUT2D eigenvalue weighted by molar-refractivity contribution is 5.91. The Morgan fingerprint density at radius 2 is 2.57 bits per heavy atom. The van der Waals surface area contributed by atoms with E-state index in [9.17, 15) is 4.79 Å². The number of hydrogen-bond acceptors (Lipinski definition) is 2. The van der Waals surface area contributed by atoms with Gasteiger partial charge in [0.25, 0.3) is 0 Å². The van der Waals surface area contributed by atoms with Crippen LogP contribution in [0.1, 0.15) is 5.76 Å². The Morgan fingerprint density at radius 1 is 1.79 bits per heavy atom. The Hall–Kier alpha value is -1.95. The molecule has 0 aliphatic heterocycles. The van der Waals surface area contributed by atoms with Gasteiger partial charge in [0, 0.05) is 13.1 Å². The number of carbonyl (C=O) groups is 1. The molecule has 0 aliphatic rings. The molecule has 0 spiro atoms. The van der Waals surface area contributed by atoms with Gasteiger partial charge in [-0.25, -0.2) is 0 Å². The summed E-state index contributed by atoms with van der Waals surface area (Å²) in [4.78, 5) is 12.8. The Morgan fingerprint density at radius 3 is 3.14 bits per heavy atom. The predicted molar refractivity (Wildman–Crippen MR) is 54.2 cm³/mol. The highest BCUT2D eigenvalue weighted by atomic mass is 16.3. The molecule has 1 amide bonds. The maximum atomic E-state index is 11.3. The van der Waals surface area contributed by atoms with Crippen molar-refractivity contribution in [1.29, 1.82) is 0 Å². The molecule has 1 aromatic rings. The second kappa shape index (κ2) is 4.93. The molecule has 1 rings (SSSR count). The third-order valence-corrected chi connectivity index (χ3v) is 1.64. The van der Waals surface area contributed by atoms with E-state index in [-0.39, 0.29) is 5.91 Å². The lowest BCUT2D eigenvalue weighted by Crippen LogP contribution is -2.24. The highest BCUT2D eigenvalue weighted by Crippen LogP contribution is 2.02. The third-order valence-electron chi connectivity index (χ3n) is 1.64. The average Bonchev–Trinajstić information content (AvgIpc) is 2.67. The number of furan rings is 1. The van der Waals surface area contributed by atoms with E-state index in [1.807, 2.05) is 0 Å². The van der Waals surface area contributed by atoms with Crippen LogP contribution in [0.5, 0.6) is 0 Å². The van der Waals surface area contributed by atoms with Gasteiger partial charge in [-0.2, -0.15) is 0 Å². The molecule has 0 unspecified atom stereocenters. The topological polar surface area (TPSA) is 33.5 Å². The van der Waals surface area contributed by atoms with Crippen molar-refractivity contribution in [2.24, 2.45) is 0 Å². The predicted octanol–water partition coefficient (Wildman–Crippen LogP) is 1.38. The average molecular weight is 189 g/mol. The number of nitrogens with zero attached hydrogens (tertiary/aromatic N) is 1. The van der Waals surface area contributed by atoms with E-state index in [4.69, 9.17) is 10.8 Å². The lowest BCUT2D eigenvalue weighted by molar-refractivity contribution is -0.124. The zero-order chi connectivity index (χ0) is 10.4. The Balaban J connectivity index is 2.53. The van der Waals surface area contributed by atoms with E-state index in [1.54, 1.807) is 31.5 Å². The standard InChI is InChI=1S/C11H11NO2/c1-3-8-12(2)11(13)7-6-10-5-4-9-14-10/h1,4-7,9H,8H2,2H3/b7-6+. The first-order valence-corrected chi connectivity index (χ1v) is 4.14. The lowest BCUT2D eigenvalue weighted by Gasteiger charge is -2.09. The normalized spacial score (nSPS) is 10.0. The maximum Gasteiger partial charge on any atom is 0.247 e. The summed E-state index contributed by atoms with van der Waals surface area (Å²) in [5.41, 5.74) is 0. The fourth-order valence-electron chi connectivity index (χ4n) is 0.882. The maximum absolute atomic E-state index is 11.3. The molecule has 0 bridgehead atoms. The number of hydrogen-bond donors (Lipinski definition) is 0. The molecule has 0 aliphatic carbocycles. The van der Waals surface area contributed by atoms with Crippen LogP contribution >= 0.6 is 0 Å². The van der Waals surface area contributed by atoms with E-state index < -0.39 is 0 Å². The van der Waals surface area contributed by atoms with Crippen molar-refractivity contribution in [3.05, 3.63) is 30.2 Å². The van der Waals surface area contributed by atoms with Crippen LogP contribution in [0.4, 0.5) is 0 Å². The van der Waals surface area contributed by atoms with Crippen molar-refractivity contribution in [3.63, 3.8) is 0 Å². The van der Waals surface area contributed by atoms with Crippen molar-refractivity contribution >= 4 is 12.0 Å². The second-order valence-electron chi connectivity index (χ2n) is 2.75. The van der Waals surface area contributed by atoms with Crippen molar-refractivity contribution in [2.75, 3.05) is 13.6 Å². The van der Waals surface area contributed by atoms with Crippen LogP contribution in [0.25, 0.3) is 6.08 Å². The van der Waals surface area contributed by atoms with Crippen LogP contribution < -0.4 is 0 Å². The van der Waals surface area contributed by atoms with Crippen LogP contribution in [0.15, 0.2) is 28.9 Å². The van der Waals surface area contributed by atoms with E-state index in [1.165, 1.54) is 11.0 Å². The molecule has 0 saturated heterocycles. The summed E-state index contributed by atoms with van der Waals surface area (Å²) in [5, 5.41) is 0. The summed E-state index contributed by atoms with van der Waals surface area (Å²) in [7, 11) is 1.65. The Labute approximate surface area is 83.0 Å². The van der Waals surface area contributed by atoms with Crippen molar-refractivity contribution in [2.45, 2.75) is 0 Å². The molecule has 14 heavy (non-hydrogen) atoms. The van der Waals surface area contributed by atoms with Crippen molar-refractivity contribution < 1.29 is 9.21 Å². The van der Waals surface area contributed by atoms with Gasteiger partial charge in [0.1, 0.15) is 5.76 Å². The van der Waals surface area contributed by atoms with Gasteiger partial charge < -0.3 is 9.32 Å². The van der Waals surface area contributed by atoms with Crippen LogP contribution in [0.2, 0.25) is 0 Å². The molecular formula is C11H11NO2. The van der Waals surface area contributed by atoms with Crippen LogP contribution in [0.3, 0.4) is 0 Å². The third kappa shape index (κ3) is 2.83. The zero-order valence-electron chi connectivity index (χ0n) is 7.93. The quantitative estimate of drug-likeness (QED) is 0.531. The smallest absolute Gasteiger partial charge is 0.247 e. The summed E-state index contributed by atoms with van der Waals surface area (Å²) in [6.45, 7) is 0.307. The summed E-state index contributed by atoms with van der Waals surface area (Å²) in [6.07, 6.45) is 9.66. The van der Waals surface area contributed by atoms with Gasteiger partial charge in [0.2, 0.25) is 5.91 Å². The summed E-state index contributed by atoms with van der Waals surface area (Å²) in [5.74, 6) is 2.90. The molecule has 72 valence electrons. The molecule has 0 saturated carbocycles. The number of amides is 1. The molecule has 1 aromatic heterocycles. The van der Waals surface area contributed by atoms with Gasteiger partial charge in [0.05, 0.1) is 12.8 Å². The van der Waals surface area contributed by atoms with E-state index >= 15 is 0 Å². The minimum Gasteiger partial charge on any atom is -0.465 e. The molecule has 1 heterocycles. The van der Waals surface area contributed by atoms with Gasteiger partial charge in [-0.3, -0.25) is 4.79 Å². The zero-order valence-corrected chi connectivity index (χ0v) is 7.93. The van der Waals surface area contributed by atoms with Crippen molar-refractivity contribution in [3.8, 4) is 12.3 Å². The molecule has 3 nitrogen and oxygen atoms in total. The molecule has 3 heteroatoms. The van der Waals surface area contributed by atoms with Crippen LogP contribution in [-0.4, -0.2) is 24.4 Å². The van der Waals surface area contributed by atoms with Crippen LogP contribution in [0, 0.1) is 12.3 Å². The van der Waals surface area contributed by atoms with Crippen LogP contribution in [-0.2, 0) is 4.79 Å². The number of rotatable bonds is 3. The fraction of sp³-hybridized carbons (Fsp3) is 0.182. The van der Waals surface area contributed by atoms with Gasteiger partial charge in [-0.05, 0) is 18.2 Å². The summed E-state index contributed by atoms with van der Waals surface area (Å²) in [6, 6.07) is 3.53. The highest BCUT2D eigenvalue weighted by Gasteiger charge is 2.01. The van der Waals surface area contributed by atoms with E-state index in [0.717, 1.165) is 0 Å². The molecular weight excluding hydrogens is 178 g/mol. The minimum absolute atomic E-state index is 0.139. The molecule has 0 aromatic carbocycles. The monoisotopic (exact) mass is 189 g/mol. The molecule has 0 atom stereocenters. The first-order valence-electron chi connectivity index (χ1n) is 4.14. The number of likely N-dealkylation sites (N-methyl/N-ethyl adjacent to an activating group) is 1. The second-order valence-corrected chi connectivity index (χ2v) is 2.75. The SMILES string of the molecule is C#CCN(C)C(=O)/C=C/c1ccco1. The number of terminal acetylenes is 1. The molecule has 0 radical (unpaired) electrons. The first-order chi connectivity index (χ1) is 6.74. The van der Waals surface area contributed by atoms with E-state index in [0.29, 0.717) is 12.3 Å². The fourth-order valence-corrected chi connectivity index (χ4v) is 0.882. The van der Waals surface area contributed by atoms with E-state index in [2.05, 4.69) is 5.92 Å². The summed E-state index contributed by atoms with van der Waals surface area (Å²) >= 11 is 0.